The van der Waals surface area contributed by atoms with E-state index in [0.29, 0.717) is 18.8 Å². The van der Waals surface area contributed by atoms with Crippen LogP contribution >= 0.6 is 11.8 Å². The van der Waals surface area contributed by atoms with Crippen LogP contribution in [0.15, 0.2) is 0 Å². The van der Waals surface area contributed by atoms with Crippen molar-refractivity contribution in [3.8, 4) is 0 Å². The number of rotatable bonds is 6. The van der Waals surface area contributed by atoms with Crippen molar-refractivity contribution in [3.63, 3.8) is 0 Å². The third-order valence-corrected chi connectivity index (χ3v) is 5.16. The van der Waals surface area contributed by atoms with Gasteiger partial charge in [-0.1, -0.05) is 0 Å². The van der Waals surface area contributed by atoms with Crippen LogP contribution in [0.25, 0.3) is 0 Å². The lowest BCUT2D eigenvalue weighted by Gasteiger charge is -2.35. The number of carboxylic acids is 1. The van der Waals surface area contributed by atoms with Gasteiger partial charge in [-0.25, -0.2) is 0 Å². The molecule has 0 aromatic heterocycles. The standard InChI is InChI=1S/C14H23NO4S/c1-10-6-15(7-11(2)19-10)12(16)8-20-9-14(3-4-14)5-13(17)18/h10-11H,3-9H2,1-2H3,(H,17,18). The Bertz CT molecular complexity index is 373. The molecule has 0 aromatic carbocycles. The van der Waals surface area contributed by atoms with Gasteiger partial charge in [0.1, 0.15) is 0 Å². The number of hydrogen-bond acceptors (Lipinski definition) is 4. The molecule has 5 nitrogen and oxygen atoms in total. The average molecular weight is 301 g/mol. The van der Waals surface area contributed by atoms with Gasteiger partial charge in [0.05, 0.1) is 24.4 Å². The predicted molar refractivity (Wildman–Crippen MR) is 77.8 cm³/mol. The number of aliphatic carboxylic acids is 1. The maximum absolute atomic E-state index is 12.2. The van der Waals surface area contributed by atoms with Gasteiger partial charge in [0.25, 0.3) is 0 Å². The molecule has 20 heavy (non-hydrogen) atoms. The first-order valence-electron chi connectivity index (χ1n) is 7.13. The minimum Gasteiger partial charge on any atom is -0.481 e. The van der Waals surface area contributed by atoms with Crippen LogP contribution in [0, 0.1) is 5.41 Å². The Balaban J connectivity index is 1.71. The number of thioether (sulfide) groups is 1. The molecule has 1 amide bonds. The summed E-state index contributed by atoms with van der Waals surface area (Å²) in [6.45, 7) is 5.28. The van der Waals surface area contributed by atoms with Crippen LogP contribution in [0.1, 0.15) is 33.1 Å². The van der Waals surface area contributed by atoms with Gasteiger partial charge >= 0.3 is 5.97 Å². The summed E-state index contributed by atoms with van der Waals surface area (Å²) in [6.07, 6.45) is 2.38. The third-order valence-electron chi connectivity index (χ3n) is 3.89. The Kier molecular flexibility index (Phi) is 4.96. The fourth-order valence-corrected chi connectivity index (χ4v) is 3.98. The van der Waals surface area contributed by atoms with Crippen LogP contribution in [0.5, 0.6) is 0 Å². The molecule has 114 valence electrons. The molecule has 2 fully saturated rings. The van der Waals surface area contributed by atoms with E-state index in [9.17, 15) is 9.59 Å². The molecule has 1 saturated heterocycles. The topological polar surface area (TPSA) is 66.8 Å². The molecular formula is C14H23NO4S. The minimum atomic E-state index is -0.731. The van der Waals surface area contributed by atoms with Crippen molar-refractivity contribution in [2.75, 3.05) is 24.6 Å². The molecular weight excluding hydrogens is 278 g/mol. The molecule has 0 radical (unpaired) electrons. The fraction of sp³-hybridized carbons (Fsp3) is 0.857. The fourth-order valence-electron chi connectivity index (χ4n) is 2.70. The van der Waals surface area contributed by atoms with E-state index in [4.69, 9.17) is 9.84 Å². The van der Waals surface area contributed by atoms with Crippen LogP contribution in [0.3, 0.4) is 0 Å². The maximum Gasteiger partial charge on any atom is 0.303 e. The van der Waals surface area contributed by atoms with Gasteiger partial charge in [0.2, 0.25) is 5.91 Å². The van der Waals surface area contributed by atoms with Crippen LogP contribution in [0.2, 0.25) is 0 Å². The molecule has 1 aliphatic carbocycles. The smallest absolute Gasteiger partial charge is 0.303 e. The van der Waals surface area contributed by atoms with Crippen LogP contribution < -0.4 is 0 Å². The lowest BCUT2D eigenvalue weighted by Crippen LogP contribution is -2.48. The summed E-state index contributed by atoms with van der Waals surface area (Å²) in [5.41, 5.74) is -0.0393. The molecule has 0 aromatic rings. The first-order valence-corrected chi connectivity index (χ1v) is 8.28. The molecule has 1 heterocycles. The van der Waals surface area contributed by atoms with Crippen molar-refractivity contribution in [1.82, 2.24) is 4.90 Å². The SMILES string of the molecule is CC1CN(C(=O)CSCC2(CC(=O)O)CC2)CC(C)O1. The maximum atomic E-state index is 12.2. The summed E-state index contributed by atoms with van der Waals surface area (Å²) < 4.78 is 5.61. The van der Waals surface area contributed by atoms with Crippen molar-refractivity contribution in [3.05, 3.63) is 0 Å². The van der Waals surface area contributed by atoms with Gasteiger partial charge in [-0.2, -0.15) is 11.8 Å². The van der Waals surface area contributed by atoms with Crippen molar-refractivity contribution in [2.45, 2.75) is 45.3 Å². The third kappa shape index (κ3) is 4.38. The number of carbonyl (C=O) groups excluding carboxylic acids is 1. The summed E-state index contributed by atoms with van der Waals surface area (Å²) in [7, 11) is 0. The van der Waals surface area contributed by atoms with E-state index in [0.717, 1.165) is 18.6 Å². The highest BCUT2D eigenvalue weighted by Crippen LogP contribution is 2.50. The zero-order chi connectivity index (χ0) is 14.8. The summed E-state index contributed by atoms with van der Waals surface area (Å²) in [4.78, 5) is 24.8. The Morgan fingerprint density at radius 2 is 1.90 bits per heavy atom. The van der Waals surface area contributed by atoms with E-state index in [1.165, 1.54) is 0 Å². The van der Waals surface area contributed by atoms with Gasteiger partial charge in [-0.05, 0) is 37.9 Å². The Labute approximate surface area is 124 Å². The second kappa shape index (κ2) is 6.35. The highest BCUT2D eigenvalue weighted by molar-refractivity contribution is 7.99. The Hall–Kier alpha value is -0.750. The molecule has 2 aliphatic rings. The van der Waals surface area contributed by atoms with Crippen molar-refractivity contribution in [2.24, 2.45) is 5.41 Å². The van der Waals surface area contributed by atoms with Gasteiger partial charge in [0, 0.05) is 13.1 Å². The number of amides is 1. The summed E-state index contributed by atoms with van der Waals surface area (Å²) in [5.74, 6) is 0.634. The predicted octanol–water partition coefficient (Wildman–Crippen LogP) is 1.61. The van der Waals surface area contributed by atoms with E-state index in [-0.39, 0.29) is 30.0 Å². The number of nitrogens with zero attached hydrogens (tertiary/aromatic N) is 1. The van der Waals surface area contributed by atoms with Crippen molar-refractivity contribution < 1.29 is 19.4 Å². The monoisotopic (exact) mass is 301 g/mol. The Morgan fingerprint density at radius 3 is 2.40 bits per heavy atom. The quantitative estimate of drug-likeness (QED) is 0.807. The van der Waals surface area contributed by atoms with E-state index < -0.39 is 5.97 Å². The highest BCUT2D eigenvalue weighted by Gasteiger charge is 2.44. The summed E-state index contributed by atoms with van der Waals surface area (Å²) in [5, 5.41) is 8.86. The lowest BCUT2D eigenvalue weighted by atomic mass is 10.1. The van der Waals surface area contributed by atoms with Crippen LogP contribution in [-0.2, 0) is 14.3 Å². The van der Waals surface area contributed by atoms with Gasteiger partial charge < -0.3 is 14.7 Å². The largest absolute Gasteiger partial charge is 0.481 e. The number of morpholine rings is 1. The van der Waals surface area contributed by atoms with E-state index >= 15 is 0 Å². The minimum absolute atomic E-state index is 0.0393. The first kappa shape index (κ1) is 15.6. The van der Waals surface area contributed by atoms with Gasteiger partial charge in [-0.3, -0.25) is 9.59 Å². The molecule has 0 spiro atoms. The zero-order valence-electron chi connectivity index (χ0n) is 12.1. The molecule has 2 unspecified atom stereocenters. The lowest BCUT2D eigenvalue weighted by molar-refractivity contribution is -0.140. The van der Waals surface area contributed by atoms with Crippen LogP contribution in [0.4, 0.5) is 0 Å². The van der Waals surface area contributed by atoms with E-state index in [1.54, 1.807) is 11.8 Å². The molecule has 1 saturated carbocycles. The molecule has 1 aliphatic heterocycles. The molecule has 6 heteroatoms. The van der Waals surface area contributed by atoms with Crippen molar-refractivity contribution in [1.29, 1.82) is 0 Å². The normalized spacial score (nSPS) is 28.2. The first-order chi connectivity index (χ1) is 9.40. The number of ether oxygens (including phenoxy) is 1. The van der Waals surface area contributed by atoms with Crippen LogP contribution in [-0.4, -0.2) is 58.7 Å². The number of hydrogen-bond donors (Lipinski definition) is 1. The number of carboxylic acid groups (broad SMARTS) is 1. The van der Waals surface area contributed by atoms with Gasteiger partial charge in [-0.15, -0.1) is 0 Å². The van der Waals surface area contributed by atoms with E-state index in [1.807, 2.05) is 18.7 Å². The molecule has 2 atom stereocenters. The average Bonchev–Trinajstić information content (AvgIpc) is 3.06. The molecule has 1 N–H and O–H groups in total. The van der Waals surface area contributed by atoms with Crippen molar-refractivity contribution >= 4 is 23.6 Å². The zero-order valence-corrected chi connectivity index (χ0v) is 12.9. The highest BCUT2D eigenvalue weighted by atomic mass is 32.2. The second-order valence-corrected chi connectivity index (χ2v) is 7.10. The Morgan fingerprint density at radius 1 is 1.30 bits per heavy atom. The summed E-state index contributed by atoms with van der Waals surface area (Å²) in [6, 6.07) is 0. The van der Waals surface area contributed by atoms with Gasteiger partial charge in [0.15, 0.2) is 0 Å². The second-order valence-electron chi connectivity index (χ2n) is 6.12. The summed E-state index contributed by atoms with van der Waals surface area (Å²) >= 11 is 1.57. The molecule has 2 rings (SSSR count). The number of carbonyl (C=O) groups is 2. The molecule has 0 bridgehead atoms. The van der Waals surface area contributed by atoms with E-state index in [2.05, 4.69) is 0 Å².